The largest absolute Gasteiger partial charge is 0.352 e. The molecule has 0 aromatic rings. The second kappa shape index (κ2) is 6.89. The first kappa shape index (κ1) is 12.4. The van der Waals surface area contributed by atoms with E-state index in [1.165, 1.54) is 6.42 Å². The van der Waals surface area contributed by atoms with Crippen LogP contribution >= 0.6 is 0 Å². The lowest BCUT2D eigenvalue weighted by Gasteiger charge is -2.29. The molecule has 1 aliphatic rings. The number of likely N-dealkylation sites (N-methyl/N-ethyl adjacent to an activating group) is 1. The maximum atomic E-state index is 10.7. The molecule has 0 unspecified atom stereocenters. The fraction of sp³-hybridized carbons (Fsp3) is 0.900. The highest BCUT2D eigenvalue weighted by Crippen LogP contribution is 2.07. The van der Waals surface area contributed by atoms with E-state index < -0.39 is 0 Å². The average Bonchev–Trinajstić information content (AvgIpc) is 2.06. The number of hydrogen-bond acceptors (Lipinski definition) is 2. The van der Waals surface area contributed by atoms with Gasteiger partial charge in [0.1, 0.15) is 0 Å². The van der Waals surface area contributed by atoms with Crippen LogP contribution < -0.4 is 5.32 Å². The lowest BCUT2D eigenvalue weighted by molar-refractivity contribution is -0.119. The fourth-order valence-electron chi connectivity index (χ4n) is 1.57. The van der Waals surface area contributed by atoms with Crippen LogP contribution in [0.25, 0.3) is 0 Å². The second-order valence-electron chi connectivity index (χ2n) is 3.30. The summed E-state index contributed by atoms with van der Waals surface area (Å²) in [5, 5.41) is 2.93. The van der Waals surface area contributed by atoms with Crippen LogP contribution in [0.1, 0.15) is 33.6 Å². The van der Waals surface area contributed by atoms with Gasteiger partial charge in [0.05, 0.1) is 0 Å². The van der Waals surface area contributed by atoms with Gasteiger partial charge in [-0.2, -0.15) is 0 Å². The standard InChI is InChI=1S/C8H16N2O.C2H6/c1-7(11)9-8-4-3-5-10(2)6-8;1-2/h8H,3-6H2,1-2H3,(H,9,11);1-2H3/t8-;/m1./s1. The minimum absolute atomic E-state index is 0.0882. The van der Waals surface area contributed by atoms with Crippen molar-refractivity contribution in [1.82, 2.24) is 10.2 Å². The van der Waals surface area contributed by atoms with E-state index in [9.17, 15) is 4.79 Å². The van der Waals surface area contributed by atoms with Gasteiger partial charge in [-0.15, -0.1) is 0 Å². The van der Waals surface area contributed by atoms with Crippen LogP contribution in [0.3, 0.4) is 0 Å². The normalized spacial score (nSPS) is 22.9. The van der Waals surface area contributed by atoms with E-state index in [1.54, 1.807) is 6.92 Å². The number of likely N-dealkylation sites (tertiary alicyclic amines) is 1. The zero-order valence-corrected chi connectivity index (χ0v) is 9.26. The van der Waals surface area contributed by atoms with Crippen LogP contribution in [-0.4, -0.2) is 37.0 Å². The molecular weight excluding hydrogens is 164 g/mol. The highest BCUT2D eigenvalue weighted by molar-refractivity contribution is 5.73. The molecule has 1 aliphatic heterocycles. The molecule has 0 aliphatic carbocycles. The van der Waals surface area contributed by atoms with Crippen molar-refractivity contribution in [3.8, 4) is 0 Å². The minimum atomic E-state index is 0.0882. The van der Waals surface area contributed by atoms with Crippen molar-refractivity contribution in [3.63, 3.8) is 0 Å². The van der Waals surface area contributed by atoms with Gasteiger partial charge in [-0.1, -0.05) is 13.8 Å². The predicted octanol–water partition coefficient (Wildman–Crippen LogP) is 1.24. The van der Waals surface area contributed by atoms with Crippen LogP contribution in [0.5, 0.6) is 0 Å². The smallest absolute Gasteiger partial charge is 0.217 e. The first-order valence-corrected chi connectivity index (χ1v) is 5.14. The fourth-order valence-corrected chi connectivity index (χ4v) is 1.57. The predicted molar refractivity (Wildman–Crippen MR) is 55.7 cm³/mol. The summed E-state index contributed by atoms with van der Waals surface area (Å²) in [5.74, 6) is 0.0882. The number of nitrogens with one attached hydrogen (secondary N) is 1. The van der Waals surface area contributed by atoms with Gasteiger partial charge in [0, 0.05) is 19.5 Å². The van der Waals surface area contributed by atoms with Crippen molar-refractivity contribution in [2.24, 2.45) is 0 Å². The molecule has 1 saturated heterocycles. The summed E-state index contributed by atoms with van der Waals surface area (Å²) in [6.45, 7) is 7.74. The maximum absolute atomic E-state index is 10.7. The molecule has 1 atom stereocenters. The quantitative estimate of drug-likeness (QED) is 0.668. The van der Waals surface area contributed by atoms with Crippen molar-refractivity contribution in [3.05, 3.63) is 0 Å². The number of carbonyl (C=O) groups is 1. The Bertz CT molecular complexity index is 148. The van der Waals surface area contributed by atoms with Gasteiger partial charge in [0.2, 0.25) is 5.91 Å². The van der Waals surface area contributed by atoms with E-state index in [4.69, 9.17) is 0 Å². The molecule has 3 nitrogen and oxygen atoms in total. The van der Waals surface area contributed by atoms with Crippen molar-refractivity contribution >= 4 is 5.91 Å². The third-order valence-electron chi connectivity index (χ3n) is 2.03. The zero-order valence-electron chi connectivity index (χ0n) is 9.26. The van der Waals surface area contributed by atoms with Gasteiger partial charge in [0.15, 0.2) is 0 Å². The minimum Gasteiger partial charge on any atom is -0.352 e. The number of amides is 1. The molecular formula is C10H22N2O. The topological polar surface area (TPSA) is 32.3 Å². The van der Waals surface area contributed by atoms with Crippen LogP contribution in [-0.2, 0) is 4.79 Å². The second-order valence-corrected chi connectivity index (χ2v) is 3.30. The molecule has 1 heterocycles. The first-order chi connectivity index (χ1) is 6.18. The van der Waals surface area contributed by atoms with Crippen molar-refractivity contribution in [2.75, 3.05) is 20.1 Å². The van der Waals surface area contributed by atoms with E-state index in [1.807, 2.05) is 13.8 Å². The number of rotatable bonds is 1. The molecule has 13 heavy (non-hydrogen) atoms. The van der Waals surface area contributed by atoms with Gasteiger partial charge in [-0.25, -0.2) is 0 Å². The Balaban J connectivity index is 0.000000671. The Morgan fingerprint density at radius 3 is 2.54 bits per heavy atom. The Morgan fingerprint density at radius 1 is 1.46 bits per heavy atom. The average molecular weight is 186 g/mol. The van der Waals surface area contributed by atoms with Gasteiger partial charge in [0.25, 0.3) is 0 Å². The number of piperidine rings is 1. The summed E-state index contributed by atoms with van der Waals surface area (Å²) in [7, 11) is 2.09. The molecule has 0 saturated carbocycles. The number of hydrogen-bond donors (Lipinski definition) is 1. The third-order valence-corrected chi connectivity index (χ3v) is 2.03. The van der Waals surface area contributed by atoms with Gasteiger partial charge in [-0.05, 0) is 26.4 Å². The summed E-state index contributed by atoms with van der Waals surface area (Å²) in [5.41, 5.74) is 0. The van der Waals surface area contributed by atoms with E-state index in [-0.39, 0.29) is 5.91 Å². The van der Waals surface area contributed by atoms with Crippen molar-refractivity contribution in [1.29, 1.82) is 0 Å². The molecule has 0 aromatic carbocycles. The van der Waals surface area contributed by atoms with E-state index in [0.29, 0.717) is 6.04 Å². The van der Waals surface area contributed by atoms with Crippen LogP contribution in [0.2, 0.25) is 0 Å². The third kappa shape index (κ3) is 5.64. The molecule has 0 spiro atoms. The summed E-state index contributed by atoms with van der Waals surface area (Å²) in [6.07, 6.45) is 2.32. The monoisotopic (exact) mass is 186 g/mol. The Morgan fingerprint density at radius 2 is 2.08 bits per heavy atom. The molecule has 1 amide bonds. The maximum Gasteiger partial charge on any atom is 0.217 e. The molecule has 1 rings (SSSR count). The summed E-state index contributed by atoms with van der Waals surface area (Å²) in [6, 6.07) is 0.381. The Hall–Kier alpha value is -0.570. The number of nitrogens with zero attached hydrogens (tertiary/aromatic N) is 1. The summed E-state index contributed by atoms with van der Waals surface area (Å²) >= 11 is 0. The molecule has 0 radical (unpaired) electrons. The lowest BCUT2D eigenvalue weighted by atomic mass is 10.1. The Labute approximate surface area is 81.5 Å². The summed E-state index contributed by atoms with van der Waals surface area (Å²) in [4.78, 5) is 12.9. The molecule has 78 valence electrons. The van der Waals surface area contributed by atoms with E-state index in [0.717, 1.165) is 19.5 Å². The Kier molecular flexibility index (Phi) is 6.59. The molecule has 1 fully saturated rings. The van der Waals surface area contributed by atoms with Gasteiger partial charge < -0.3 is 10.2 Å². The SMILES string of the molecule is CC.CC(=O)N[C@@H]1CCCN(C)C1. The first-order valence-electron chi connectivity index (χ1n) is 5.14. The van der Waals surface area contributed by atoms with Crippen LogP contribution in [0.15, 0.2) is 0 Å². The van der Waals surface area contributed by atoms with E-state index in [2.05, 4.69) is 17.3 Å². The highest BCUT2D eigenvalue weighted by atomic mass is 16.1. The molecule has 0 bridgehead atoms. The highest BCUT2D eigenvalue weighted by Gasteiger charge is 2.16. The van der Waals surface area contributed by atoms with E-state index >= 15 is 0 Å². The van der Waals surface area contributed by atoms with Gasteiger partial charge >= 0.3 is 0 Å². The molecule has 1 N–H and O–H groups in total. The summed E-state index contributed by atoms with van der Waals surface area (Å²) < 4.78 is 0. The molecule has 3 heteroatoms. The zero-order chi connectivity index (χ0) is 10.3. The van der Waals surface area contributed by atoms with Crippen LogP contribution in [0, 0.1) is 0 Å². The van der Waals surface area contributed by atoms with Crippen molar-refractivity contribution < 1.29 is 4.79 Å². The lowest BCUT2D eigenvalue weighted by Crippen LogP contribution is -2.45. The van der Waals surface area contributed by atoms with Crippen molar-refractivity contribution in [2.45, 2.75) is 39.7 Å². The van der Waals surface area contributed by atoms with Gasteiger partial charge in [-0.3, -0.25) is 4.79 Å². The van der Waals surface area contributed by atoms with Crippen LogP contribution in [0.4, 0.5) is 0 Å². The number of carbonyl (C=O) groups excluding carboxylic acids is 1. The molecule has 0 aromatic heterocycles.